The van der Waals surface area contributed by atoms with Gasteiger partial charge in [-0.05, 0) is 18.6 Å². The van der Waals surface area contributed by atoms with Crippen molar-refractivity contribution >= 4 is 28.3 Å². The normalized spacial score (nSPS) is 18.3. The molecule has 1 aromatic carbocycles. The summed E-state index contributed by atoms with van der Waals surface area (Å²) in [5.74, 6) is -1.16. The zero-order valence-electron chi connectivity index (χ0n) is 13.6. The Balaban J connectivity index is 1.76. The highest BCUT2D eigenvalue weighted by Gasteiger charge is 2.36. The Hall–Kier alpha value is -2.09. The average Bonchev–Trinajstić information content (AvgIpc) is 3.09. The van der Waals surface area contributed by atoms with E-state index in [1.165, 1.54) is 17.6 Å². The van der Waals surface area contributed by atoms with Gasteiger partial charge in [0, 0.05) is 23.5 Å². The number of halogens is 2. The smallest absolute Gasteiger partial charge is 0.249 e. The van der Waals surface area contributed by atoms with Crippen LogP contribution in [0.15, 0.2) is 18.2 Å². The van der Waals surface area contributed by atoms with E-state index in [1.54, 1.807) is 0 Å². The van der Waals surface area contributed by atoms with Gasteiger partial charge in [-0.2, -0.15) is 4.37 Å². The molecule has 1 unspecified atom stereocenters. The largest absolute Gasteiger partial charge is 0.348 e. The Morgan fingerprint density at radius 3 is 2.54 bits per heavy atom. The Morgan fingerprint density at radius 2 is 1.96 bits per heavy atom. The van der Waals surface area contributed by atoms with Crippen LogP contribution in [-0.4, -0.2) is 27.9 Å². The maximum atomic E-state index is 13.9. The van der Waals surface area contributed by atoms with E-state index in [9.17, 15) is 13.6 Å². The van der Waals surface area contributed by atoms with Crippen molar-refractivity contribution in [1.29, 1.82) is 0 Å². The van der Waals surface area contributed by atoms with Crippen LogP contribution in [0.4, 0.5) is 19.6 Å². The number of carbonyl (C=O) groups is 1. The molecule has 3 rings (SSSR count). The van der Waals surface area contributed by atoms with E-state index in [4.69, 9.17) is 0 Å². The second kappa shape index (κ2) is 6.08. The van der Waals surface area contributed by atoms with Crippen LogP contribution in [0.2, 0.25) is 0 Å². The lowest BCUT2D eigenvalue weighted by molar-refractivity contribution is -0.117. The third-order valence-corrected chi connectivity index (χ3v) is 4.45. The molecule has 2 heterocycles. The van der Waals surface area contributed by atoms with Gasteiger partial charge in [-0.3, -0.25) is 4.79 Å². The SMILES string of the molecule is CC(C)(C)c1nsc(NC2CCN(c3c(F)cccc3F)C2=O)n1. The fourth-order valence-corrected chi connectivity index (χ4v) is 3.33. The first-order valence-corrected chi connectivity index (χ1v) is 8.41. The minimum absolute atomic E-state index is 0.182. The van der Waals surface area contributed by atoms with Crippen LogP contribution in [0.25, 0.3) is 0 Å². The quantitative estimate of drug-likeness (QED) is 0.921. The molecule has 1 N–H and O–H groups in total. The van der Waals surface area contributed by atoms with Gasteiger partial charge in [0.15, 0.2) is 0 Å². The van der Waals surface area contributed by atoms with Crippen molar-refractivity contribution in [1.82, 2.24) is 9.36 Å². The first-order valence-electron chi connectivity index (χ1n) is 7.63. The van der Waals surface area contributed by atoms with Crippen LogP contribution in [0.5, 0.6) is 0 Å². The van der Waals surface area contributed by atoms with E-state index < -0.39 is 17.7 Å². The highest BCUT2D eigenvalue weighted by Crippen LogP contribution is 2.29. The van der Waals surface area contributed by atoms with E-state index >= 15 is 0 Å². The van der Waals surface area contributed by atoms with Gasteiger partial charge in [0.2, 0.25) is 11.0 Å². The van der Waals surface area contributed by atoms with Crippen LogP contribution < -0.4 is 10.2 Å². The van der Waals surface area contributed by atoms with E-state index in [-0.39, 0.29) is 23.6 Å². The molecule has 24 heavy (non-hydrogen) atoms. The molecule has 1 saturated heterocycles. The van der Waals surface area contributed by atoms with Crippen LogP contribution in [-0.2, 0) is 10.2 Å². The van der Waals surface area contributed by atoms with Crippen molar-refractivity contribution in [2.45, 2.75) is 38.6 Å². The number of hydrogen-bond acceptors (Lipinski definition) is 5. The minimum Gasteiger partial charge on any atom is -0.348 e. The van der Waals surface area contributed by atoms with Crippen molar-refractivity contribution in [2.24, 2.45) is 0 Å². The number of carbonyl (C=O) groups excluding carboxylic acids is 1. The summed E-state index contributed by atoms with van der Waals surface area (Å²) in [6.07, 6.45) is 0.442. The maximum absolute atomic E-state index is 13.9. The summed E-state index contributed by atoms with van der Waals surface area (Å²) in [5.41, 5.74) is -0.474. The van der Waals surface area contributed by atoms with Gasteiger partial charge >= 0.3 is 0 Å². The van der Waals surface area contributed by atoms with Gasteiger partial charge in [0.25, 0.3) is 0 Å². The number of benzene rings is 1. The molecule has 8 heteroatoms. The molecule has 0 spiro atoms. The zero-order chi connectivity index (χ0) is 17.5. The summed E-state index contributed by atoms with van der Waals surface area (Å²) in [5, 5.41) is 3.57. The van der Waals surface area contributed by atoms with E-state index in [2.05, 4.69) is 14.7 Å². The molecular weight excluding hydrogens is 334 g/mol. The fraction of sp³-hybridized carbons (Fsp3) is 0.438. The molecular formula is C16H18F2N4OS. The second-order valence-electron chi connectivity index (χ2n) is 6.72. The molecule has 1 aliphatic rings. The Kier molecular flexibility index (Phi) is 4.25. The van der Waals surface area contributed by atoms with Gasteiger partial charge in [-0.1, -0.05) is 26.8 Å². The molecule has 5 nitrogen and oxygen atoms in total. The molecule has 0 saturated carbocycles. The van der Waals surface area contributed by atoms with Gasteiger partial charge in [-0.25, -0.2) is 13.8 Å². The number of anilines is 2. The molecule has 0 bridgehead atoms. The van der Waals surface area contributed by atoms with E-state index in [1.807, 2.05) is 20.8 Å². The van der Waals surface area contributed by atoms with Crippen LogP contribution in [0.3, 0.4) is 0 Å². The lowest BCUT2D eigenvalue weighted by Gasteiger charge is -2.18. The number of amides is 1. The van der Waals surface area contributed by atoms with Crippen LogP contribution >= 0.6 is 11.5 Å². The lowest BCUT2D eigenvalue weighted by atomic mass is 9.96. The number of aromatic nitrogens is 2. The van der Waals surface area contributed by atoms with Crippen molar-refractivity contribution in [3.63, 3.8) is 0 Å². The van der Waals surface area contributed by atoms with Gasteiger partial charge in [-0.15, -0.1) is 0 Å². The van der Waals surface area contributed by atoms with Crippen LogP contribution in [0.1, 0.15) is 33.0 Å². The predicted octanol–water partition coefficient (Wildman–Crippen LogP) is 3.33. The number of para-hydroxylation sites is 1. The molecule has 1 fully saturated rings. The monoisotopic (exact) mass is 352 g/mol. The minimum atomic E-state index is -0.741. The third-order valence-electron chi connectivity index (χ3n) is 3.81. The van der Waals surface area contributed by atoms with Crippen molar-refractivity contribution in [2.75, 3.05) is 16.8 Å². The number of nitrogens with one attached hydrogen (secondary N) is 1. The summed E-state index contributed by atoms with van der Waals surface area (Å²) in [4.78, 5) is 18.0. The zero-order valence-corrected chi connectivity index (χ0v) is 14.5. The van der Waals surface area contributed by atoms with E-state index in [0.29, 0.717) is 17.4 Å². The molecule has 1 aliphatic heterocycles. The number of nitrogens with zero attached hydrogens (tertiary/aromatic N) is 3. The summed E-state index contributed by atoms with van der Waals surface area (Å²) in [6, 6.07) is 3.00. The summed E-state index contributed by atoms with van der Waals surface area (Å²) < 4.78 is 32.1. The highest BCUT2D eigenvalue weighted by atomic mass is 32.1. The third kappa shape index (κ3) is 3.10. The Labute approximate surface area is 142 Å². The maximum Gasteiger partial charge on any atom is 0.249 e. The Morgan fingerprint density at radius 1 is 1.29 bits per heavy atom. The Bertz CT molecular complexity index is 751. The van der Waals surface area contributed by atoms with Gasteiger partial charge in [0.1, 0.15) is 29.2 Å². The molecule has 1 aromatic heterocycles. The van der Waals surface area contributed by atoms with Crippen molar-refractivity contribution < 1.29 is 13.6 Å². The van der Waals surface area contributed by atoms with E-state index in [0.717, 1.165) is 17.0 Å². The summed E-state index contributed by atoms with van der Waals surface area (Å²) in [6.45, 7) is 6.26. The molecule has 1 atom stereocenters. The second-order valence-corrected chi connectivity index (χ2v) is 7.47. The first kappa shape index (κ1) is 16.8. The van der Waals surface area contributed by atoms with Crippen LogP contribution in [0, 0.1) is 11.6 Å². The predicted molar refractivity (Wildman–Crippen MR) is 89.3 cm³/mol. The standard InChI is InChI=1S/C16H18F2N4OS/c1-16(2,3)14-20-15(24-21-14)19-11-7-8-22(13(11)23)12-9(17)5-4-6-10(12)18/h4-6,11H,7-8H2,1-3H3,(H,19,20,21). The molecule has 0 radical (unpaired) electrons. The molecule has 0 aliphatic carbocycles. The van der Waals surface area contributed by atoms with Gasteiger partial charge < -0.3 is 10.2 Å². The highest BCUT2D eigenvalue weighted by molar-refractivity contribution is 7.09. The van der Waals surface area contributed by atoms with Gasteiger partial charge in [0.05, 0.1) is 0 Å². The fourth-order valence-electron chi connectivity index (χ4n) is 2.52. The summed E-state index contributed by atoms with van der Waals surface area (Å²) >= 11 is 1.18. The molecule has 1 amide bonds. The topological polar surface area (TPSA) is 58.1 Å². The average molecular weight is 352 g/mol. The number of hydrogen-bond donors (Lipinski definition) is 1. The van der Waals surface area contributed by atoms with Crippen molar-refractivity contribution in [3.8, 4) is 0 Å². The lowest BCUT2D eigenvalue weighted by Crippen LogP contribution is -2.34. The number of rotatable bonds is 3. The van der Waals surface area contributed by atoms with Crippen molar-refractivity contribution in [3.05, 3.63) is 35.7 Å². The molecule has 2 aromatic rings. The first-order chi connectivity index (χ1) is 11.3. The molecule has 128 valence electrons. The summed E-state index contributed by atoms with van der Waals surface area (Å²) in [7, 11) is 0.